The van der Waals surface area contributed by atoms with E-state index in [4.69, 9.17) is 23.2 Å². The third-order valence-corrected chi connectivity index (χ3v) is 4.89. The standard InChI is InChI=1S/C14H9Cl2FN2O2S/c15-9-2-1-7(5-10(9)16)8-6-22-12-11(8)13(20)19(4-3-17)14(21)18-12/h1-2,5-6H,3-4H2,(H,18,21). The Balaban J connectivity index is 2.31. The van der Waals surface area contributed by atoms with Crippen molar-refractivity contribution in [3.63, 3.8) is 0 Å². The van der Waals surface area contributed by atoms with E-state index in [1.165, 1.54) is 11.3 Å². The number of nitrogens with one attached hydrogen (secondary N) is 1. The van der Waals surface area contributed by atoms with E-state index in [-0.39, 0.29) is 6.54 Å². The van der Waals surface area contributed by atoms with Gasteiger partial charge in [-0.15, -0.1) is 11.3 Å². The number of aromatic amines is 1. The first-order chi connectivity index (χ1) is 10.5. The molecule has 0 spiro atoms. The zero-order valence-electron chi connectivity index (χ0n) is 11.0. The summed E-state index contributed by atoms with van der Waals surface area (Å²) in [7, 11) is 0. The van der Waals surface area contributed by atoms with Gasteiger partial charge in [0.15, 0.2) is 0 Å². The van der Waals surface area contributed by atoms with E-state index in [0.717, 1.165) is 4.57 Å². The molecule has 2 heterocycles. The zero-order valence-corrected chi connectivity index (χ0v) is 13.4. The van der Waals surface area contributed by atoms with Crippen molar-refractivity contribution in [3.05, 3.63) is 54.5 Å². The lowest BCUT2D eigenvalue weighted by Crippen LogP contribution is -2.35. The predicted molar refractivity (Wildman–Crippen MR) is 88.1 cm³/mol. The molecular formula is C14H9Cl2FN2O2S. The summed E-state index contributed by atoms with van der Waals surface area (Å²) in [6.07, 6.45) is 0. The Labute approximate surface area is 137 Å². The topological polar surface area (TPSA) is 54.9 Å². The average Bonchev–Trinajstić information content (AvgIpc) is 2.90. The third kappa shape index (κ3) is 2.47. The number of aromatic nitrogens is 2. The molecule has 0 aliphatic rings. The van der Waals surface area contributed by atoms with Crippen LogP contribution in [0.25, 0.3) is 21.3 Å². The first kappa shape index (κ1) is 15.3. The smallest absolute Gasteiger partial charge is 0.298 e. The molecule has 8 heteroatoms. The molecule has 0 aliphatic carbocycles. The molecular weight excluding hydrogens is 350 g/mol. The lowest BCUT2D eigenvalue weighted by Gasteiger charge is -2.04. The Hall–Kier alpha value is -1.63. The van der Waals surface area contributed by atoms with Crippen molar-refractivity contribution in [2.75, 3.05) is 6.67 Å². The largest absolute Gasteiger partial charge is 0.329 e. The average molecular weight is 359 g/mol. The monoisotopic (exact) mass is 358 g/mol. The van der Waals surface area contributed by atoms with Crippen molar-refractivity contribution in [1.29, 1.82) is 0 Å². The van der Waals surface area contributed by atoms with Crippen LogP contribution in [0.2, 0.25) is 10.0 Å². The van der Waals surface area contributed by atoms with E-state index in [1.807, 2.05) is 0 Å². The number of hydrogen-bond donors (Lipinski definition) is 1. The van der Waals surface area contributed by atoms with E-state index < -0.39 is 17.9 Å². The van der Waals surface area contributed by atoms with Crippen LogP contribution in [0.15, 0.2) is 33.2 Å². The number of H-pyrrole nitrogens is 1. The van der Waals surface area contributed by atoms with E-state index in [9.17, 15) is 14.0 Å². The number of benzene rings is 1. The van der Waals surface area contributed by atoms with Gasteiger partial charge in [-0.3, -0.25) is 14.3 Å². The van der Waals surface area contributed by atoms with Crippen LogP contribution in [0, 0.1) is 0 Å². The lowest BCUT2D eigenvalue weighted by molar-refractivity contribution is 0.434. The van der Waals surface area contributed by atoms with E-state index in [2.05, 4.69) is 4.98 Å². The van der Waals surface area contributed by atoms with Gasteiger partial charge in [-0.05, 0) is 17.7 Å². The van der Waals surface area contributed by atoms with Crippen LogP contribution < -0.4 is 11.2 Å². The molecule has 0 bridgehead atoms. The summed E-state index contributed by atoms with van der Waals surface area (Å²) in [6.45, 7) is -1.07. The van der Waals surface area contributed by atoms with Crippen molar-refractivity contribution < 1.29 is 4.39 Å². The minimum Gasteiger partial charge on any atom is -0.298 e. The molecule has 1 aromatic carbocycles. The highest BCUT2D eigenvalue weighted by molar-refractivity contribution is 7.17. The maximum absolute atomic E-state index is 12.5. The van der Waals surface area contributed by atoms with Gasteiger partial charge in [0.05, 0.1) is 22.0 Å². The van der Waals surface area contributed by atoms with Crippen molar-refractivity contribution in [3.8, 4) is 11.1 Å². The van der Waals surface area contributed by atoms with Gasteiger partial charge in [0.25, 0.3) is 5.56 Å². The van der Waals surface area contributed by atoms with Crippen molar-refractivity contribution in [2.45, 2.75) is 6.54 Å². The molecule has 2 aromatic heterocycles. The highest BCUT2D eigenvalue weighted by atomic mass is 35.5. The first-order valence-electron chi connectivity index (χ1n) is 6.28. The summed E-state index contributed by atoms with van der Waals surface area (Å²) in [5.74, 6) is 0. The minimum absolute atomic E-state index is 0.277. The van der Waals surface area contributed by atoms with Crippen LogP contribution in [-0.4, -0.2) is 16.2 Å². The molecule has 22 heavy (non-hydrogen) atoms. The molecule has 3 aromatic rings. The van der Waals surface area contributed by atoms with Crippen molar-refractivity contribution in [2.24, 2.45) is 0 Å². The number of alkyl halides is 1. The van der Waals surface area contributed by atoms with Crippen molar-refractivity contribution >= 4 is 44.8 Å². The van der Waals surface area contributed by atoms with Crippen LogP contribution in [0.4, 0.5) is 4.39 Å². The molecule has 0 atom stereocenters. The van der Waals surface area contributed by atoms with Crippen LogP contribution in [0.1, 0.15) is 0 Å². The van der Waals surface area contributed by atoms with Crippen LogP contribution in [-0.2, 0) is 6.54 Å². The highest BCUT2D eigenvalue weighted by Crippen LogP contribution is 2.33. The summed E-state index contributed by atoms with van der Waals surface area (Å²) in [4.78, 5) is 27.3. The molecule has 4 nitrogen and oxygen atoms in total. The van der Waals surface area contributed by atoms with Crippen molar-refractivity contribution in [1.82, 2.24) is 9.55 Å². The summed E-state index contributed by atoms with van der Waals surface area (Å²) in [5.41, 5.74) is 0.209. The van der Waals surface area contributed by atoms with E-state index in [0.29, 0.717) is 31.4 Å². The van der Waals surface area contributed by atoms with Gasteiger partial charge in [-0.25, -0.2) is 9.18 Å². The fourth-order valence-electron chi connectivity index (χ4n) is 2.22. The summed E-state index contributed by atoms with van der Waals surface area (Å²) < 4.78 is 13.4. The Kier molecular flexibility index (Phi) is 4.08. The highest BCUT2D eigenvalue weighted by Gasteiger charge is 2.15. The number of halogens is 3. The van der Waals surface area contributed by atoms with Crippen LogP contribution >= 0.6 is 34.5 Å². The SMILES string of the molecule is O=c1[nH]c2scc(-c3ccc(Cl)c(Cl)c3)c2c(=O)n1CCF. The van der Waals surface area contributed by atoms with E-state index in [1.54, 1.807) is 23.6 Å². The van der Waals surface area contributed by atoms with Gasteiger partial charge in [0, 0.05) is 10.9 Å². The number of fused-ring (bicyclic) bond motifs is 1. The molecule has 1 N–H and O–H groups in total. The second kappa shape index (κ2) is 5.87. The Morgan fingerprint density at radius 3 is 2.68 bits per heavy atom. The Bertz CT molecular complexity index is 977. The second-order valence-electron chi connectivity index (χ2n) is 4.56. The Morgan fingerprint density at radius 1 is 1.23 bits per heavy atom. The number of thiophene rings is 1. The fourth-order valence-corrected chi connectivity index (χ4v) is 3.47. The molecule has 0 aliphatic heterocycles. The van der Waals surface area contributed by atoms with Gasteiger partial charge in [0.2, 0.25) is 0 Å². The molecule has 3 rings (SSSR count). The molecule has 114 valence electrons. The first-order valence-corrected chi connectivity index (χ1v) is 7.92. The number of nitrogens with zero attached hydrogens (tertiary/aromatic N) is 1. The maximum Gasteiger partial charge on any atom is 0.329 e. The van der Waals surface area contributed by atoms with Crippen LogP contribution in [0.3, 0.4) is 0 Å². The van der Waals surface area contributed by atoms with E-state index >= 15 is 0 Å². The van der Waals surface area contributed by atoms with Gasteiger partial charge < -0.3 is 0 Å². The normalized spacial score (nSPS) is 11.2. The second-order valence-corrected chi connectivity index (χ2v) is 6.25. The molecule has 0 radical (unpaired) electrons. The molecule has 0 fully saturated rings. The van der Waals surface area contributed by atoms with Gasteiger partial charge in [0.1, 0.15) is 11.5 Å². The number of rotatable bonds is 3. The minimum atomic E-state index is -0.791. The molecule has 0 saturated carbocycles. The van der Waals surface area contributed by atoms with Crippen LogP contribution in [0.5, 0.6) is 0 Å². The lowest BCUT2D eigenvalue weighted by atomic mass is 10.1. The zero-order chi connectivity index (χ0) is 15.9. The summed E-state index contributed by atoms with van der Waals surface area (Å²) in [6, 6.07) is 5.02. The predicted octanol–water partition coefficient (Wildman–Crippen LogP) is 3.69. The fraction of sp³-hybridized carbons (Fsp3) is 0.143. The quantitative estimate of drug-likeness (QED) is 0.775. The summed E-state index contributed by atoms with van der Waals surface area (Å²) in [5, 5.41) is 2.87. The molecule has 0 saturated heterocycles. The third-order valence-electron chi connectivity index (χ3n) is 3.25. The number of hydrogen-bond acceptors (Lipinski definition) is 3. The van der Waals surface area contributed by atoms with Gasteiger partial charge >= 0.3 is 5.69 Å². The Morgan fingerprint density at radius 2 is 2.00 bits per heavy atom. The van der Waals surface area contributed by atoms with Gasteiger partial charge in [-0.2, -0.15) is 0 Å². The summed E-state index contributed by atoms with van der Waals surface area (Å²) >= 11 is 13.1. The van der Waals surface area contributed by atoms with Gasteiger partial charge in [-0.1, -0.05) is 29.3 Å². The molecule has 0 unspecified atom stereocenters. The maximum atomic E-state index is 12.5. The molecule has 0 amide bonds.